The highest BCUT2D eigenvalue weighted by atomic mass is 79.9. The molecule has 3 atom stereocenters. The first-order valence-corrected chi connectivity index (χ1v) is 15.0. The zero-order valence-corrected chi connectivity index (χ0v) is 27.8. The minimum atomic E-state index is -1.49. The molecule has 1 heterocycles. The lowest BCUT2D eigenvalue weighted by Gasteiger charge is -2.36. The summed E-state index contributed by atoms with van der Waals surface area (Å²) in [6.45, 7) is 3.24. The fraction of sp³-hybridized carbons (Fsp3) is 0.265. The maximum Gasteiger partial charge on any atom is 0.258 e. The Hall–Kier alpha value is -3.96. The van der Waals surface area contributed by atoms with E-state index in [1.165, 1.54) is 4.90 Å². The molecular formula is C34H36BrClN4O5. The quantitative estimate of drug-likeness (QED) is 0.228. The van der Waals surface area contributed by atoms with Gasteiger partial charge >= 0.3 is 0 Å². The van der Waals surface area contributed by atoms with Gasteiger partial charge in [0.2, 0.25) is 11.8 Å². The van der Waals surface area contributed by atoms with E-state index in [0.717, 1.165) is 20.8 Å². The molecule has 1 aliphatic heterocycles. The third-order valence-electron chi connectivity index (χ3n) is 8.59. The van der Waals surface area contributed by atoms with Crippen LogP contribution in [0.2, 0.25) is 0 Å². The summed E-state index contributed by atoms with van der Waals surface area (Å²) in [7, 11) is 3.16. The molecule has 0 saturated heterocycles. The van der Waals surface area contributed by atoms with Gasteiger partial charge in [-0.05, 0) is 79.7 Å². The van der Waals surface area contributed by atoms with Crippen molar-refractivity contribution in [2.45, 2.75) is 32.0 Å². The number of nitrogens with one attached hydrogen (secondary N) is 1. The zero-order valence-electron chi connectivity index (χ0n) is 25.4. The number of anilines is 2. The van der Waals surface area contributed by atoms with Crippen LogP contribution in [-0.2, 0) is 16.1 Å². The van der Waals surface area contributed by atoms with Gasteiger partial charge in [0.1, 0.15) is 11.3 Å². The molecule has 0 fully saturated rings. The molecule has 0 aliphatic carbocycles. The number of halogens is 2. The molecule has 0 radical (unpaired) electrons. The third-order valence-corrected chi connectivity index (χ3v) is 9.09. The molecule has 9 nitrogen and oxygen atoms in total. The lowest BCUT2D eigenvalue weighted by atomic mass is 9.83. The summed E-state index contributed by atoms with van der Waals surface area (Å²) < 4.78 is 6.67. The lowest BCUT2D eigenvalue weighted by Crippen LogP contribution is -2.63. The Labute approximate surface area is 276 Å². The van der Waals surface area contributed by atoms with E-state index >= 15 is 0 Å². The second-order valence-corrected chi connectivity index (χ2v) is 12.0. The number of fused-ring (bicyclic) bond motifs is 2. The Kier molecular flexibility index (Phi) is 10.2. The van der Waals surface area contributed by atoms with Crippen molar-refractivity contribution in [1.29, 1.82) is 0 Å². The molecule has 0 aromatic heterocycles. The van der Waals surface area contributed by atoms with E-state index in [1.807, 2.05) is 36.4 Å². The number of hydrogen-bond acceptors (Lipinski definition) is 6. The summed E-state index contributed by atoms with van der Waals surface area (Å²) in [4.78, 5) is 45.0. The number of aliphatic hydroxyl groups is 1. The van der Waals surface area contributed by atoms with Crippen LogP contribution in [0.3, 0.4) is 0 Å². The van der Waals surface area contributed by atoms with Crippen LogP contribution < -0.4 is 25.6 Å². The Morgan fingerprint density at radius 3 is 2.36 bits per heavy atom. The number of nitrogens with zero attached hydrogens (tertiary/aromatic N) is 2. The molecule has 0 saturated carbocycles. The lowest BCUT2D eigenvalue weighted by molar-refractivity contribution is -0.133. The minimum absolute atomic E-state index is 0. The number of amides is 3. The van der Waals surface area contributed by atoms with Crippen LogP contribution in [0.15, 0.2) is 83.3 Å². The summed E-state index contributed by atoms with van der Waals surface area (Å²) in [6, 6.07) is 23.6. The fourth-order valence-corrected chi connectivity index (χ4v) is 6.14. The molecule has 45 heavy (non-hydrogen) atoms. The van der Waals surface area contributed by atoms with E-state index in [1.54, 1.807) is 75.4 Å². The van der Waals surface area contributed by atoms with Crippen LogP contribution in [0.4, 0.5) is 11.4 Å². The molecular weight excluding hydrogens is 660 g/mol. The molecule has 236 valence electrons. The van der Waals surface area contributed by atoms with Crippen molar-refractivity contribution in [3.05, 3.63) is 100 Å². The van der Waals surface area contributed by atoms with Crippen molar-refractivity contribution in [3.63, 3.8) is 0 Å². The highest BCUT2D eigenvalue weighted by Crippen LogP contribution is 2.40. The van der Waals surface area contributed by atoms with E-state index < -0.39 is 23.5 Å². The monoisotopic (exact) mass is 694 g/mol. The first-order valence-electron chi connectivity index (χ1n) is 14.2. The number of ether oxygens (including phenoxy) is 1. The maximum absolute atomic E-state index is 14.7. The van der Waals surface area contributed by atoms with Crippen molar-refractivity contribution in [2.24, 2.45) is 11.7 Å². The molecule has 3 amide bonds. The average molecular weight is 696 g/mol. The highest BCUT2D eigenvalue weighted by Gasteiger charge is 2.49. The molecule has 1 aliphatic rings. The molecule has 0 bridgehead atoms. The number of para-hydroxylation sites is 2. The second kappa shape index (κ2) is 13.6. The number of primary amides is 1. The Bertz CT molecular complexity index is 1750. The van der Waals surface area contributed by atoms with Gasteiger partial charge < -0.3 is 30.7 Å². The maximum atomic E-state index is 14.7. The molecule has 0 spiro atoms. The van der Waals surface area contributed by atoms with Gasteiger partial charge in [-0.3, -0.25) is 14.4 Å². The van der Waals surface area contributed by atoms with Crippen molar-refractivity contribution in [1.82, 2.24) is 5.32 Å². The van der Waals surface area contributed by atoms with Gasteiger partial charge in [-0.15, -0.1) is 12.4 Å². The van der Waals surface area contributed by atoms with Gasteiger partial charge in [-0.1, -0.05) is 52.3 Å². The van der Waals surface area contributed by atoms with E-state index in [-0.39, 0.29) is 37.3 Å². The smallest absolute Gasteiger partial charge is 0.258 e. The van der Waals surface area contributed by atoms with Gasteiger partial charge in [-0.2, -0.15) is 0 Å². The summed E-state index contributed by atoms with van der Waals surface area (Å²) in [5.74, 6) is -1.89. The Balaban J connectivity index is 0.00000461. The van der Waals surface area contributed by atoms with E-state index in [4.69, 9.17) is 10.5 Å². The largest absolute Gasteiger partial charge is 0.496 e. The van der Waals surface area contributed by atoms with E-state index in [9.17, 15) is 19.5 Å². The molecule has 4 aromatic rings. The van der Waals surface area contributed by atoms with Crippen molar-refractivity contribution >= 4 is 68.2 Å². The van der Waals surface area contributed by atoms with Crippen molar-refractivity contribution in [2.75, 3.05) is 30.5 Å². The van der Waals surface area contributed by atoms with Crippen molar-refractivity contribution < 1.29 is 24.2 Å². The summed E-state index contributed by atoms with van der Waals surface area (Å²) in [6.07, 6.45) is -0.687. The van der Waals surface area contributed by atoms with Crippen LogP contribution >= 0.6 is 28.3 Å². The first kappa shape index (κ1) is 33.9. The Morgan fingerprint density at radius 1 is 1.09 bits per heavy atom. The predicted octanol–water partition coefficient (Wildman–Crippen LogP) is 5.36. The van der Waals surface area contributed by atoms with Gasteiger partial charge in [0, 0.05) is 22.1 Å². The molecule has 5 rings (SSSR count). The van der Waals surface area contributed by atoms with Gasteiger partial charge in [0.05, 0.1) is 37.1 Å². The number of carbonyl (C=O) groups excluding carboxylic acids is 3. The molecule has 4 aromatic carbocycles. The number of rotatable bonds is 8. The normalized spacial score (nSPS) is 16.7. The fourth-order valence-electron chi connectivity index (χ4n) is 5.76. The van der Waals surface area contributed by atoms with Gasteiger partial charge in [0.25, 0.3) is 5.91 Å². The summed E-state index contributed by atoms with van der Waals surface area (Å²) in [5.41, 5.74) is 7.27. The number of aliphatic hydroxyl groups excluding tert-OH is 1. The van der Waals surface area contributed by atoms with Crippen LogP contribution in [-0.4, -0.2) is 49.1 Å². The average Bonchev–Trinajstić information content (AvgIpc) is 3.14. The molecule has 2 unspecified atom stereocenters. The van der Waals surface area contributed by atoms with Crippen LogP contribution in [0.5, 0.6) is 5.75 Å². The number of methoxy groups -OCH3 is 1. The topological polar surface area (TPSA) is 125 Å². The third kappa shape index (κ3) is 6.28. The molecule has 11 heteroatoms. The van der Waals surface area contributed by atoms with Gasteiger partial charge in [-0.25, -0.2) is 0 Å². The number of nitrogens with two attached hydrogens (primary N) is 1. The van der Waals surface area contributed by atoms with E-state index in [2.05, 4.69) is 21.2 Å². The van der Waals surface area contributed by atoms with Crippen molar-refractivity contribution in [3.8, 4) is 5.75 Å². The van der Waals surface area contributed by atoms with Crippen LogP contribution in [0.25, 0.3) is 10.8 Å². The summed E-state index contributed by atoms with van der Waals surface area (Å²) >= 11 is 3.54. The van der Waals surface area contributed by atoms with Crippen LogP contribution in [0.1, 0.15) is 41.4 Å². The number of hydrogen-bond donors (Lipinski definition) is 3. The highest BCUT2D eigenvalue weighted by molar-refractivity contribution is 9.10. The van der Waals surface area contributed by atoms with Crippen LogP contribution in [0, 0.1) is 5.92 Å². The molecule has 4 N–H and O–H groups in total. The second-order valence-electron chi connectivity index (χ2n) is 11.1. The SMILES string of the molecule is CNC(C)(C(N)=O)[C@@H]1CN(C(=O)c2ccc(C(C)O)cc2)c2ccccc2N(Cc2c(OC)ccc3cc(Br)ccc23)C1=O.Cl. The van der Waals surface area contributed by atoms with Gasteiger partial charge in [0.15, 0.2) is 0 Å². The zero-order chi connectivity index (χ0) is 31.8. The number of likely N-dealkylation sites (N-methyl/N-ethyl adjacent to an activating group) is 1. The standard InChI is InChI=1S/C34H35BrN4O5.ClH/c1-20(40)21-9-11-22(12-10-21)31(41)39-19-27(34(2,37-3)33(36)43)32(42)38(28-7-5-6-8-29(28)39)18-26-25-15-14-24(35)17-23(25)13-16-30(26)44-4;/h5-17,20,27,37,40H,18-19H2,1-4H3,(H2,36,43);1H/t20?,27-,34?;/m1./s1. The number of benzene rings is 4. The number of carbonyl (C=O) groups is 3. The first-order chi connectivity index (χ1) is 21.0. The van der Waals surface area contributed by atoms with E-state index in [0.29, 0.717) is 28.3 Å². The predicted molar refractivity (Wildman–Crippen MR) is 182 cm³/mol. The minimum Gasteiger partial charge on any atom is -0.496 e. The summed E-state index contributed by atoms with van der Waals surface area (Å²) in [5, 5.41) is 14.8. The Morgan fingerprint density at radius 2 is 1.76 bits per heavy atom.